The molecule has 4 nitrogen and oxygen atoms in total. The van der Waals surface area contributed by atoms with Crippen molar-refractivity contribution in [3.8, 4) is 0 Å². The van der Waals surface area contributed by atoms with Gasteiger partial charge in [-0.15, -0.1) is 11.8 Å². The van der Waals surface area contributed by atoms with Gasteiger partial charge in [-0.25, -0.2) is 4.98 Å². The van der Waals surface area contributed by atoms with Crippen LogP contribution < -0.4 is 0 Å². The molecule has 0 saturated heterocycles. The van der Waals surface area contributed by atoms with Gasteiger partial charge in [0.05, 0.1) is 16.8 Å². The van der Waals surface area contributed by atoms with E-state index in [0.717, 1.165) is 21.8 Å². The first-order chi connectivity index (χ1) is 7.58. The van der Waals surface area contributed by atoms with E-state index in [4.69, 9.17) is 5.11 Å². The van der Waals surface area contributed by atoms with Crippen LogP contribution in [0.3, 0.4) is 0 Å². The number of fused-ring (bicyclic) bond motifs is 1. The fraction of sp³-hybridized carbons (Fsp3) is 0.273. The van der Waals surface area contributed by atoms with Gasteiger partial charge in [-0.1, -0.05) is 0 Å². The summed E-state index contributed by atoms with van der Waals surface area (Å²) in [6.45, 7) is 1.95. The van der Waals surface area contributed by atoms with E-state index in [1.165, 1.54) is 11.8 Å². The molecule has 1 N–H and O–H groups in total. The Labute approximate surface area is 97.3 Å². The summed E-state index contributed by atoms with van der Waals surface area (Å²) in [6, 6.07) is 5.83. The smallest absolute Gasteiger partial charge is 0.313 e. The third-order valence-electron chi connectivity index (χ3n) is 2.44. The number of carboxylic acids is 1. The first-order valence-corrected chi connectivity index (χ1v) is 5.84. The van der Waals surface area contributed by atoms with Crippen molar-refractivity contribution >= 4 is 28.8 Å². The zero-order chi connectivity index (χ0) is 11.7. The summed E-state index contributed by atoms with van der Waals surface area (Å²) in [6.07, 6.45) is 0. The number of aromatic nitrogens is 2. The van der Waals surface area contributed by atoms with E-state index in [0.29, 0.717) is 0 Å². The van der Waals surface area contributed by atoms with Gasteiger partial charge in [0.1, 0.15) is 5.82 Å². The van der Waals surface area contributed by atoms with Crippen molar-refractivity contribution in [3.05, 3.63) is 24.0 Å². The van der Waals surface area contributed by atoms with Crippen LogP contribution in [0.15, 0.2) is 23.1 Å². The molecule has 1 heterocycles. The number of rotatable bonds is 3. The quantitative estimate of drug-likeness (QED) is 0.829. The van der Waals surface area contributed by atoms with Crippen molar-refractivity contribution in [1.82, 2.24) is 9.55 Å². The highest BCUT2D eigenvalue weighted by Crippen LogP contribution is 2.23. The predicted molar refractivity (Wildman–Crippen MR) is 63.8 cm³/mol. The molecule has 1 aromatic heterocycles. The summed E-state index contributed by atoms with van der Waals surface area (Å²) in [5, 5.41) is 8.60. The number of aryl methyl sites for hydroxylation is 2. The fourth-order valence-corrected chi connectivity index (χ4v) is 2.18. The minimum absolute atomic E-state index is 0.0807. The van der Waals surface area contributed by atoms with Gasteiger partial charge in [-0.3, -0.25) is 4.79 Å². The van der Waals surface area contributed by atoms with Crippen LogP contribution in [0.2, 0.25) is 0 Å². The van der Waals surface area contributed by atoms with Crippen molar-refractivity contribution in [2.45, 2.75) is 11.8 Å². The molecule has 1 aromatic carbocycles. The first-order valence-electron chi connectivity index (χ1n) is 4.85. The highest BCUT2D eigenvalue weighted by Gasteiger charge is 2.06. The standard InChI is InChI=1S/C11H12N2O2S/c1-7-12-9-5-8(16-6-11(14)15)3-4-10(9)13(7)2/h3-5H,6H2,1-2H3,(H,14,15). The fourth-order valence-electron chi connectivity index (χ4n) is 1.53. The Balaban J connectivity index is 2.33. The van der Waals surface area contributed by atoms with Crippen LogP contribution >= 0.6 is 11.8 Å². The second-order valence-electron chi connectivity index (χ2n) is 3.55. The summed E-state index contributed by atoms with van der Waals surface area (Å²) >= 11 is 1.31. The van der Waals surface area contributed by atoms with E-state index in [1.807, 2.05) is 36.7 Å². The largest absolute Gasteiger partial charge is 0.481 e. The Hall–Kier alpha value is -1.49. The molecule has 84 valence electrons. The van der Waals surface area contributed by atoms with Crippen molar-refractivity contribution in [3.63, 3.8) is 0 Å². The molecule has 2 aromatic rings. The minimum atomic E-state index is -0.803. The summed E-state index contributed by atoms with van der Waals surface area (Å²) in [5.41, 5.74) is 1.98. The van der Waals surface area contributed by atoms with Crippen molar-refractivity contribution in [2.24, 2.45) is 7.05 Å². The summed E-state index contributed by atoms with van der Waals surface area (Å²) < 4.78 is 2.01. The first kappa shape index (κ1) is 11.0. The lowest BCUT2D eigenvalue weighted by molar-refractivity contribution is -0.133. The maximum Gasteiger partial charge on any atom is 0.313 e. The molecule has 0 amide bonds. The second kappa shape index (κ2) is 4.17. The highest BCUT2D eigenvalue weighted by atomic mass is 32.2. The van der Waals surface area contributed by atoms with Gasteiger partial charge in [0, 0.05) is 11.9 Å². The third kappa shape index (κ3) is 2.04. The van der Waals surface area contributed by atoms with Crippen LogP contribution in [-0.4, -0.2) is 26.4 Å². The van der Waals surface area contributed by atoms with E-state index in [1.54, 1.807) is 0 Å². The van der Waals surface area contributed by atoms with Crippen LogP contribution in [0, 0.1) is 6.92 Å². The normalized spacial score (nSPS) is 10.9. The number of carbonyl (C=O) groups is 1. The topological polar surface area (TPSA) is 55.1 Å². The van der Waals surface area contributed by atoms with Crippen molar-refractivity contribution in [2.75, 3.05) is 5.75 Å². The Kier molecular flexibility index (Phi) is 2.87. The van der Waals surface area contributed by atoms with Crippen LogP contribution in [0.1, 0.15) is 5.82 Å². The number of carboxylic acid groups (broad SMARTS) is 1. The number of nitrogens with zero attached hydrogens (tertiary/aromatic N) is 2. The van der Waals surface area contributed by atoms with Gasteiger partial charge >= 0.3 is 5.97 Å². The third-order valence-corrected chi connectivity index (χ3v) is 3.42. The molecule has 0 fully saturated rings. The van der Waals surface area contributed by atoms with Gasteiger partial charge in [0.15, 0.2) is 0 Å². The number of hydrogen-bond donors (Lipinski definition) is 1. The zero-order valence-electron chi connectivity index (χ0n) is 9.10. The molecule has 16 heavy (non-hydrogen) atoms. The SMILES string of the molecule is Cc1nc2cc(SCC(=O)O)ccc2n1C. The van der Waals surface area contributed by atoms with E-state index in [-0.39, 0.29) is 5.75 Å². The molecule has 0 aliphatic heterocycles. The monoisotopic (exact) mass is 236 g/mol. The molecule has 0 saturated carbocycles. The van der Waals surface area contributed by atoms with Gasteiger partial charge in [-0.05, 0) is 25.1 Å². The molecule has 0 aliphatic rings. The lowest BCUT2D eigenvalue weighted by Crippen LogP contribution is -1.97. The number of benzene rings is 1. The minimum Gasteiger partial charge on any atom is -0.481 e. The Bertz CT molecular complexity index is 548. The molecule has 0 atom stereocenters. The average molecular weight is 236 g/mol. The average Bonchev–Trinajstić information content (AvgIpc) is 2.52. The van der Waals surface area contributed by atoms with Crippen LogP contribution in [-0.2, 0) is 11.8 Å². The van der Waals surface area contributed by atoms with Crippen LogP contribution in [0.5, 0.6) is 0 Å². The molecule has 0 spiro atoms. The number of aliphatic carboxylic acids is 1. The molecule has 0 bridgehead atoms. The second-order valence-corrected chi connectivity index (χ2v) is 4.60. The number of imidazole rings is 1. The van der Waals surface area contributed by atoms with E-state index in [2.05, 4.69) is 4.98 Å². The lowest BCUT2D eigenvalue weighted by atomic mass is 10.3. The predicted octanol–water partition coefficient (Wildman–Crippen LogP) is 2.06. The summed E-state index contributed by atoms with van der Waals surface area (Å²) in [4.78, 5) is 15.8. The number of hydrogen-bond acceptors (Lipinski definition) is 3. The molecule has 0 unspecified atom stereocenters. The highest BCUT2D eigenvalue weighted by molar-refractivity contribution is 8.00. The van der Waals surface area contributed by atoms with Gasteiger partial charge in [0.2, 0.25) is 0 Å². The molecular weight excluding hydrogens is 224 g/mol. The van der Waals surface area contributed by atoms with E-state index < -0.39 is 5.97 Å². The van der Waals surface area contributed by atoms with Crippen molar-refractivity contribution < 1.29 is 9.90 Å². The molecule has 0 radical (unpaired) electrons. The van der Waals surface area contributed by atoms with E-state index >= 15 is 0 Å². The van der Waals surface area contributed by atoms with Crippen molar-refractivity contribution in [1.29, 1.82) is 0 Å². The maximum atomic E-state index is 10.5. The van der Waals surface area contributed by atoms with Gasteiger partial charge in [0.25, 0.3) is 0 Å². The molecule has 0 aliphatic carbocycles. The van der Waals surface area contributed by atoms with E-state index in [9.17, 15) is 4.79 Å². The Morgan fingerprint density at radius 1 is 1.56 bits per heavy atom. The van der Waals surface area contributed by atoms with Gasteiger partial charge in [-0.2, -0.15) is 0 Å². The lowest BCUT2D eigenvalue weighted by Gasteiger charge is -1.99. The Morgan fingerprint density at radius 3 is 3.00 bits per heavy atom. The van der Waals surface area contributed by atoms with Gasteiger partial charge < -0.3 is 9.67 Å². The summed E-state index contributed by atoms with van der Waals surface area (Å²) in [5.74, 6) is 0.231. The molecule has 2 rings (SSSR count). The maximum absolute atomic E-state index is 10.5. The zero-order valence-corrected chi connectivity index (χ0v) is 9.91. The summed E-state index contributed by atoms with van der Waals surface area (Å²) in [7, 11) is 1.97. The number of thioether (sulfide) groups is 1. The molecular formula is C11H12N2O2S. The van der Waals surface area contributed by atoms with Crippen LogP contribution in [0.25, 0.3) is 11.0 Å². The van der Waals surface area contributed by atoms with Crippen LogP contribution in [0.4, 0.5) is 0 Å². The molecule has 5 heteroatoms. The Morgan fingerprint density at radius 2 is 2.31 bits per heavy atom.